The number of anilines is 1. The molecule has 2 aromatic rings. The maximum atomic E-state index is 14.5. The molecule has 1 saturated heterocycles. The van der Waals surface area contributed by atoms with E-state index in [1.165, 1.54) is 6.42 Å². The first-order valence-electron chi connectivity index (χ1n) is 13.1. The molecule has 2 fully saturated rings. The second kappa shape index (κ2) is 11.6. The van der Waals surface area contributed by atoms with Gasteiger partial charge in [-0.15, -0.1) is 0 Å². The van der Waals surface area contributed by atoms with E-state index in [1.807, 2.05) is 6.92 Å². The highest BCUT2D eigenvalue weighted by atomic mass is 19.1. The molecule has 0 radical (unpaired) electrons. The van der Waals surface area contributed by atoms with Gasteiger partial charge in [0.15, 0.2) is 5.75 Å². The van der Waals surface area contributed by atoms with Crippen LogP contribution < -0.4 is 14.4 Å². The predicted molar refractivity (Wildman–Crippen MR) is 136 cm³/mol. The molecule has 0 bridgehead atoms. The van der Waals surface area contributed by atoms with Crippen LogP contribution in [0.5, 0.6) is 11.5 Å². The van der Waals surface area contributed by atoms with E-state index >= 15 is 0 Å². The van der Waals surface area contributed by atoms with Crippen LogP contribution in [-0.2, 0) is 16.0 Å². The number of ether oxygens (including phenoxy) is 3. The van der Waals surface area contributed by atoms with Crippen LogP contribution in [0.4, 0.5) is 14.7 Å². The number of hydrogen-bond donors (Lipinski definition) is 0. The lowest BCUT2D eigenvalue weighted by Gasteiger charge is -2.32. The van der Waals surface area contributed by atoms with E-state index in [2.05, 4.69) is 14.9 Å². The van der Waals surface area contributed by atoms with Crippen LogP contribution >= 0.6 is 0 Å². The summed E-state index contributed by atoms with van der Waals surface area (Å²) in [6, 6.07) is 2.29. The number of hydrogen-bond acceptors (Lipinski definition) is 7. The van der Waals surface area contributed by atoms with E-state index < -0.39 is 29.6 Å². The summed E-state index contributed by atoms with van der Waals surface area (Å²) in [5.74, 6) is 1.25. The number of halogens is 2. The standard InChI is InChI=1S/C28H37F2N3O4/c1-5-35-21-16-31-27(32-17-21)33-9-6-18(7-10-33)22-12-19(22)8-11-36-20-13-24(29)23(25(30)14-20)15-26(34)37-28(2,3)4/h13-14,16-19,22H,5-12,15H2,1-4H3/t19-,22-/m1/s1. The van der Waals surface area contributed by atoms with Crippen molar-refractivity contribution in [3.05, 3.63) is 41.7 Å². The van der Waals surface area contributed by atoms with Crippen molar-refractivity contribution < 1.29 is 27.8 Å². The van der Waals surface area contributed by atoms with Gasteiger partial charge in [0.25, 0.3) is 0 Å². The highest BCUT2D eigenvalue weighted by molar-refractivity contribution is 5.73. The van der Waals surface area contributed by atoms with Crippen LogP contribution in [0.1, 0.15) is 58.9 Å². The van der Waals surface area contributed by atoms with Crippen molar-refractivity contribution in [3.63, 3.8) is 0 Å². The molecule has 0 amide bonds. The molecule has 1 aliphatic carbocycles. The van der Waals surface area contributed by atoms with Gasteiger partial charge in [-0.1, -0.05) is 0 Å². The molecule has 1 aromatic heterocycles. The second-order valence-corrected chi connectivity index (χ2v) is 10.9. The molecule has 4 rings (SSSR count). The van der Waals surface area contributed by atoms with Gasteiger partial charge in [0, 0.05) is 30.8 Å². The molecule has 7 nitrogen and oxygen atoms in total. The minimum Gasteiger partial charge on any atom is -0.493 e. The number of piperidine rings is 1. The normalized spacial score (nSPS) is 20.0. The zero-order valence-electron chi connectivity index (χ0n) is 22.1. The molecule has 0 N–H and O–H groups in total. The molecule has 37 heavy (non-hydrogen) atoms. The largest absolute Gasteiger partial charge is 0.493 e. The molecule has 202 valence electrons. The van der Waals surface area contributed by atoms with Crippen LogP contribution in [0.25, 0.3) is 0 Å². The quantitative estimate of drug-likeness (QED) is 0.393. The number of rotatable bonds is 10. The average Bonchev–Trinajstić information content (AvgIpc) is 3.61. The average molecular weight is 518 g/mol. The van der Waals surface area contributed by atoms with Gasteiger partial charge in [0.1, 0.15) is 23.0 Å². The number of carbonyl (C=O) groups excluding carboxylic acids is 1. The fourth-order valence-corrected chi connectivity index (χ4v) is 5.10. The van der Waals surface area contributed by atoms with Crippen molar-refractivity contribution in [2.45, 2.75) is 65.4 Å². The van der Waals surface area contributed by atoms with Crippen molar-refractivity contribution in [1.82, 2.24) is 9.97 Å². The Labute approximate surface area is 217 Å². The van der Waals surface area contributed by atoms with E-state index in [9.17, 15) is 13.6 Å². The number of benzene rings is 1. The molecule has 2 aliphatic rings. The van der Waals surface area contributed by atoms with Gasteiger partial charge < -0.3 is 19.1 Å². The summed E-state index contributed by atoms with van der Waals surface area (Å²) in [7, 11) is 0. The summed E-state index contributed by atoms with van der Waals surface area (Å²) >= 11 is 0. The van der Waals surface area contributed by atoms with Gasteiger partial charge in [-0.05, 0) is 71.1 Å². The van der Waals surface area contributed by atoms with Crippen molar-refractivity contribution >= 4 is 11.9 Å². The first-order valence-corrected chi connectivity index (χ1v) is 13.1. The maximum absolute atomic E-state index is 14.5. The third-order valence-corrected chi connectivity index (χ3v) is 6.94. The van der Waals surface area contributed by atoms with E-state index in [0.29, 0.717) is 36.7 Å². The van der Waals surface area contributed by atoms with Gasteiger partial charge in [0.05, 0.1) is 32.0 Å². The van der Waals surface area contributed by atoms with Gasteiger partial charge in [-0.3, -0.25) is 4.79 Å². The van der Waals surface area contributed by atoms with Crippen LogP contribution in [0.15, 0.2) is 24.5 Å². The highest BCUT2D eigenvalue weighted by Gasteiger charge is 2.43. The molecule has 2 heterocycles. The van der Waals surface area contributed by atoms with E-state index in [-0.39, 0.29) is 11.3 Å². The third kappa shape index (κ3) is 7.52. The minimum absolute atomic E-state index is 0.142. The Bertz CT molecular complexity index is 1040. The smallest absolute Gasteiger partial charge is 0.310 e. The molecular formula is C28H37F2N3O4. The Morgan fingerprint density at radius 3 is 2.30 bits per heavy atom. The SMILES string of the molecule is CCOc1cnc(N2CCC([C@H]3C[C@H]3CCOc3cc(F)c(CC(=O)OC(C)(C)C)c(F)c3)CC2)nc1. The number of aromatic nitrogens is 2. The molecule has 1 aliphatic heterocycles. The summed E-state index contributed by atoms with van der Waals surface area (Å²) in [4.78, 5) is 23.0. The first-order chi connectivity index (χ1) is 17.6. The molecule has 1 aromatic carbocycles. The molecule has 0 unspecified atom stereocenters. The van der Waals surface area contributed by atoms with Crippen LogP contribution in [0, 0.1) is 29.4 Å². The fourth-order valence-electron chi connectivity index (χ4n) is 5.10. The number of carbonyl (C=O) groups is 1. The van der Waals surface area contributed by atoms with E-state index in [1.54, 1.807) is 33.2 Å². The Balaban J connectivity index is 1.19. The fraction of sp³-hybridized carbons (Fsp3) is 0.607. The van der Waals surface area contributed by atoms with Gasteiger partial charge >= 0.3 is 5.97 Å². The van der Waals surface area contributed by atoms with Crippen molar-refractivity contribution in [2.75, 3.05) is 31.2 Å². The summed E-state index contributed by atoms with van der Waals surface area (Å²) in [6.07, 6.45) is 7.23. The second-order valence-electron chi connectivity index (χ2n) is 10.9. The Morgan fingerprint density at radius 2 is 1.70 bits per heavy atom. The topological polar surface area (TPSA) is 73.8 Å². The maximum Gasteiger partial charge on any atom is 0.310 e. The van der Waals surface area contributed by atoms with Crippen molar-refractivity contribution in [3.8, 4) is 11.5 Å². The first kappa shape index (κ1) is 27.1. The summed E-state index contributed by atoms with van der Waals surface area (Å²) in [5, 5.41) is 0. The van der Waals surface area contributed by atoms with Crippen LogP contribution in [0.2, 0.25) is 0 Å². The zero-order chi connectivity index (χ0) is 26.6. The molecule has 2 atom stereocenters. The lowest BCUT2D eigenvalue weighted by Crippen LogP contribution is -2.35. The molecular weight excluding hydrogens is 480 g/mol. The summed E-state index contributed by atoms with van der Waals surface area (Å²) < 4.78 is 45.2. The number of nitrogens with zero attached hydrogens (tertiary/aromatic N) is 3. The summed E-state index contributed by atoms with van der Waals surface area (Å²) in [6.45, 7) is 9.94. The lowest BCUT2D eigenvalue weighted by molar-refractivity contribution is -0.154. The zero-order valence-corrected chi connectivity index (χ0v) is 22.1. The van der Waals surface area contributed by atoms with Gasteiger partial charge in [-0.2, -0.15) is 0 Å². The summed E-state index contributed by atoms with van der Waals surface area (Å²) in [5.41, 5.74) is -1.01. The van der Waals surface area contributed by atoms with E-state index in [0.717, 1.165) is 50.4 Å². The molecule has 1 saturated carbocycles. The van der Waals surface area contributed by atoms with Crippen molar-refractivity contribution in [1.29, 1.82) is 0 Å². The van der Waals surface area contributed by atoms with Crippen LogP contribution in [-0.4, -0.2) is 47.8 Å². The monoisotopic (exact) mass is 517 g/mol. The Morgan fingerprint density at radius 1 is 1.05 bits per heavy atom. The lowest BCUT2D eigenvalue weighted by atomic mass is 9.90. The van der Waals surface area contributed by atoms with E-state index in [4.69, 9.17) is 14.2 Å². The third-order valence-electron chi connectivity index (χ3n) is 6.94. The highest BCUT2D eigenvalue weighted by Crippen LogP contribution is 2.49. The van der Waals surface area contributed by atoms with Gasteiger partial charge in [-0.25, -0.2) is 18.7 Å². The Hall–Kier alpha value is -2.97. The number of esters is 1. The Kier molecular flexibility index (Phi) is 8.49. The minimum atomic E-state index is -0.798. The molecule has 9 heteroatoms. The van der Waals surface area contributed by atoms with Crippen LogP contribution in [0.3, 0.4) is 0 Å². The predicted octanol–water partition coefficient (Wildman–Crippen LogP) is 5.36. The molecule has 0 spiro atoms. The van der Waals surface area contributed by atoms with Crippen molar-refractivity contribution in [2.24, 2.45) is 17.8 Å². The van der Waals surface area contributed by atoms with Gasteiger partial charge in [0.2, 0.25) is 5.95 Å².